The molecule has 4 amide bonds. The third kappa shape index (κ3) is 4.41. The number of rotatable bonds is 5. The van der Waals surface area contributed by atoms with Gasteiger partial charge in [-0.1, -0.05) is 48.5 Å². The summed E-state index contributed by atoms with van der Waals surface area (Å²) in [7, 11) is 0. The monoisotopic (exact) mass is 394 g/mol. The highest BCUT2D eigenvalue weighted by Crippen LogP contribution is 2.23. The smallest absolute Gasteiger partial charge is 0.328 e. The lowest BCUT2D eigenvalue weighted by Gasteiger charge is -2.39. The van der Waals surface area contributed by atoms with E-state index in [1.807, 2.05) is 37.3 Å². The highest BCUT2D eigenvalue weighted by atomic mass is 16.5. The minimum atomic E-state index is -0.624. The van der Waals surface area contributed by atoms with Crippen molar-refractivity contribution in [3.8, 4) is 11.1 Å². The van der Waals surface area contributed by atoms with Gasteiger partial charge in [-0.25, -0.2) is 14.5 Å². The van der Waals surface area contributed by atoms with Crippen LogP contribution in [0.5, 0.6) is 0 Å². The zero-order valence-corrected chi connectivity index (χ0v) is 16.4. The molecule has 4 rings (SSSR count). The van der Waals surface area contributed by atoms with Crippen LogP contribution in [0.1, 0.15) is 31.4 Å². The molecule has 0 aromatic heterocycles. The number of carbonyl (C=O) groups excluding carboxylic acids is 2. The highest BCUT2D eigenvalue weighted by Gasteiger charge is 2.37. The Hall–Kier alpha value is -2.90. The van der Waals surface area contributed by atoms with Crippen molar-refractivity contribution in [3.05, 3.63) is 60.2 Å². The summed E-state index contributed by atoms with van der Waals surface area (Å²) in [5.41, 5.74) is 3.34. The van der Waals surface area contributed by atoms with Gasteiger partial charge >= 0.3 is 12.1 Å². The first-order valence-electron chi connectivity index (χ1n) is 10.0. The molecule has 0 aliphatic carbocycles. The second-order valence-corrected chi connectivity index (χ2v) is 7.43. The van der Waals surface area contributed by atoms with Gasteiger partial charge in [-0.2, -0.15) is 0 Å². The fourth-order valence-electron chi connectivity index (χ4n) is 3.84. The van der Waals surface area contributed by atoms with Gasteiger partial charge < -0.3 is 15.4 Å². The van der Waals surface area contributed by atoms with Crippen molar-refractivity contribution < 1.29 is 14.3 Å². The van der Waals surface area contributed by atoms with Crippen LogP contribution in [0, 0.1) is 0 Å². The van der Waals surface area contributed by atoms with Gasteiger partial charge in [0.15, 0.2) is 6.29 Å². The molecule has 2 aliphatic rings. The largest absolute Gasteiger partial charge is 0.381 e. The molecule has 0 spiro atoms. The Morgan fingerprint density at radius 1 is 0.966 bits per heavy atom. The zero-order valence-electron chi connectivity index (χ0n) is 16.4. The molecule has 1 atom stereocenters. The molecule has 0 bridgehead atoms. The lowest BCUT2D eigenvalue weighted by Crippen LogP contribution is -2.70. The summed E-state index contributed by atoms with van der Waals surface area (Å²) in [5.74, 6) is 0. The molecule has 7 heteroatoms. The summed E-state index contributed by atoms with van der Waals surface area (Å²) >= 11 is 0. The molecule has 2 saturated heterocycles. The second-order valence-electron chi connectivity index (χ2n) is 7.43. The number of amides is 4. The quantitative estimate of drug-likeness (QED) is 0.727. The number of benzene rings is 2. The van der Waals surface area contributed by atoms with Crippen molar-refractivity contribution in [2.75, 3.05) is 13.2 Å². The summed E-state index contributed by atoms with van der Waals surface area (Å²) in [4.78, 5) is 26.4. The van der Waals surface area contributed by atoms with Crippen LogP contribution in [0.15, 0.2) is 54.6 Å². The molecule has 7 nitrogen and oxygen atoms in total. The average Bonchev–Trinajstić information content (AvgIpc) is 2.75. The van der Waals surface area contributed by atoms with Crippen LogP contribution in [0.3, 0.4) is 0 Å². The van der Waals surface area contributed by atoms with E-state index in [4.69, 9.17) is 4.74 Å². The summed E-state index contributed by atoms with van der Waals surface area (Å²) in [6, 6.07) is 17.5. The van der Waals surface area contributed by atoms with Gasteiger partial charge in [-0.15, -0.1) is 0 Å². The minimum absolute atomic E-state index is 0.0705. The molecular formula is C22H26N4O3. The SMILES string of the molecule is C[C@H](NC1NC(=O)N(C2CCOCC2)C(=O)N1)c1cccc(-c2ccccc2)c1. The van der Waals surface area contributed by atoms with Crippen molar-refractivity contribution in [3.63, 3.8) is 0 Å². The van der Waals surface area contributed by atoms with Crippen LogP contribution in [-0.4, -0.2) is 42.5 Å². The summed E-state index contributed by atoms with van der Waals surface area (Å²) < 4.78 is 5.32. The number of hydrogen-bond acceptors (Lipinski definition) is 4. The maximum atomic E-state index is 12.5. The molecule has 29 heavy (non-hydrogen) atoms. The fraction of sp³-hybridized carbons (Fsp3) is 0.364. The van der Waals surface area contributed by atoms with Crippen LogP contribution in [0.2, 0.25) is 0 Å². The lowest BCUT2D eigenvalue weighted by atomic mass is 10.0. The van der Waals surface area contributed by atoms with E-state index in [2.05, 4.69) is 40.2 Å². The normalized spacial score (nSPS) is 19.6. The fourth-order valence-corrected chi connectivity index (χ4v) is 3.84. The Labute approximate surface area is 170 Å². The maximum Gasteiger partial charge on any atom is 0.328 e. The zero-order chi connectivity index (χ0) is 20.2. The molecule has 0 unspecified atom stereocenters. The Bertz CT molecular complexity index is 849. The third-order valence-corrected chi connectivity index (χ3v) is 5.44. The number of hydrogen-bond donors (Lipinski definition) is 3. The summed E-state index contributed by atoms with van der Waals surface area (Å²) in [6.45, 7) is 3.14. The van der Waals surface area contributed by atoms with E-state index in [9.17, 15) is 9.59 Å². The Morgan fingerprint density at radius 3 is 2.31 bits per heavy atom. The number of ether oxygens (including phenoxy) is 1. The number of carbonyl (C=O) groups is 2. The van der Waals surface area contributed by atoms with Gasteiger partial charge in [-0.05, 0) is 42.5 Å². The molecule has 2 fully saturated rings. The Morgan fingerprint density at radius 2 is 1.62 bits per heavy atom. The maximum absolute atomic E-state index is 12.5. The lowest BCUT2D eigenvalue weighted by molar-refractivity contribution is 0.0492. The molecule has 0 saturated carbocycles. The Kier molecular flexibility index (Phi) is 5.78. The van der Waals surface area contributed by atoms with Gasteiger partial charge in [0.2, 0.25) is 0 Å². The van der Waals surface area contributed by atoms with Crippen LogP contribution in [-0.2, 0) is 4.74 Å². The van der Waals surface area contributed by atoms with E-state index in [0.29, 0.717) is 26.1 Å². The van der Waals surface area contributed by atoms with Crippen LogP contribution >= 0.6 is 0 Å². The molecule has 3 N–H and O–H groups in total. The molecule has 2 aromatic carbocycles. The topological polar surface area (TPSA) is 82.7 Å². The van der Waals surface area contributed by atoms with Crippen molar-refractivity contribution in [1.29, 1.82) is 0 Å². The summed E-state index contributed by atoms with van der Waals surface area (Å²) in [6.07, 6.45) is 0.713. The standard InChI is InChI=1S/C22H26N4O3/c1-15(17-8-5-9-18(14-17)16-6-3-2-4-7-16)23-20-24-21(27)26(22(28)25-20)19-10-12-29-13-11-19/h2-9,14-15,19-20,23H,10-13H2,1H3,(H,24,27)(H,25,28)/t15-/m0/s1. The number of imide groups is 1. The van der Waals surface area contributed by atoms with E-state index < -0.39 is 6.29 Å². The Balaban J connectivity index is 1.41. The van der Waals surface area contributed by atoms with Gasteiger partial charge in [0.05, 0.1) is 0 Å². The predicted octanol–water partition coefficient (Wildman–Crippen LogP) is 3.20. The summed E-state index contributed by atoms with van der Waals surface area (Å²) in [5, 5.41) is 8.97. The number of nitrogens with one attached hydrogen (secondary N) is 3. The van der Waals surface area contributed by atoms with Crippen molar-refractivity contribution in [2.24, 2.45) is 0 Å². The van der Waals surface area contributed by atoms with Gasteiger partial charge in [0.1, 0.15) is 0 Å². The van der Waals surface area contributed by atoms with E-state index in [-0.39, 0.29) is 24.1 Å². The second kappa shape index (κ2) is 8.63. The van der Waals surface area contributed by atoms with Crippen molar-refractivity contribution in [2.45, 2.75) is 38.1 Å². The van der Waals surface area contributed by atoms with Gasteiger partial charge in [0, 0.05) is 25.3 Å². The molecule has 2 aromatic rings. The minimum Gasteiger partial charge on any atom is -0.381 e. The van der Waals surface area contributed by atoms with Gasteiger partial charge in [-0.3, -0.25) is 5.32 Å². The third-order valence-electron chi connectivity index (χ3n) is 5.44. The van der Waals surface area contributed by atoms with E-state index in [1.54, 1.807) is 0 Å². The first-order chi connectivity index (χ1) is 14.1. The van der Waals surface area contributed by atoms with Crippen LogP contribution in [0.25, 0.3) is 11.1 Å². The number of nitrogens with zero attached hydrogens (tertiary/aromatic N) is 1. The molecule has 152 valence electrons. The van der Waals surface area contributed by atoms with Crippen LogP contribution in [0.4, 0.5) is 9.59 Å². The predicted molar refractivity (Wildman–Crippen MR) is 110 cm³/mol. The number of urea groups is 2. The van der Waals surface area contributed by atoms with E-state index >= 15 is 0 Å². The average molecular weight is 394 g/mol. The van der Waals surface area contributed by atoms with E-state index in [0.717, 1.165) is 16.7 Å². The molecule has 2 aliphatic heterocycles. The van der Waals surface area contributed by atoms with E-state index in [1.165, 1.54) is 4.90 Å². The molecule has 0 radical (unpaired) electrons. The molecular weight excluding hydrogens is 368 g/mol. The van der Waals surface area contributed by atoms with Crippen LogP contribution < -0.4 is 16.0 Å². The van der Waals surface area contributed by atoms with Gasteiger partial charge in [0.25, 0.3) is 0 Å². The first-order valence-corrected chi connectivity index (χ1v) is 10.0. The van der Waals surface area contributed by atoms with Crippen molar-refractivity contribution in [1.82, 2.24) is 20.9 Å². The molecule has 2 heterocycles. The van der Waals surface area contributed by atoms with Crippen molar-refractivity contribution >= 4 is 12.1 Å². The first kappa shape index (κ1) is 19.4. The highest BCUT2D eigenvalue weighted by molar-refractivity contribution is 5.96.